The molecule has 0 spiro atoms. The molecule has 0 aliphatic carbocycles. The van der Waals surface area contributed by atoms with Gasteiger partial charge >= 0.3 is 5.97 Å². The zero-order valence-electron chi connectivity index (χ0n) is 8.12. The average Bonchev–Trinajstić information content (AvgIpc) is 2.20. The molecule has 1 atom stereocenters. The van der Waals surface area contributed by atoms with Crippen LogP contribution in [0.1, 0.15) is 22.8 Å². The third kappa shape index (κ3) is 1.63. The zero-order chi connectivity index (χ0) is 11.1. The van der Waals surface area contributed by atoms with E-state index in [1.165, 1.54) is 19.1 Å². The van der Waals surface area contributed by atoms with E-state index in [4.69, 9.17) is 4.74 Å². The maximum atomic E-state index is 12.9. The Bertz CT molecular complexity index is 441. The summed E-state index contributed by atoms with van der Waals surface area (Å²) in [6, 6.07) is 3.90. The second-order valence-electron chi connectivity index (χ2n) is 3.80. The monoisotopic (exact) mass is 208 g/mol. The number of ether oxygens (including phenoxy) is 1. The van der Waals surface area contributed by atoms with Crippen LogP contribution in [0.15, 0.2) is 18.2 Å². The van der Waals surface area contributed by atoms with E-state index in [1.807, 2.05) is 0 Å². The third-order valence-electron chi connectivity index (χ3n) is 2.41. The summed E-state index contributed by atoms with van der Waals surface area (Å²) in [7, 11) is 0. The quantitative estimate of drug-likeness (QED) is 0.518. The molecule has 1 aromatic rings. The Balaban J connectivity index is 2.50. The van der Waals surface area contributed by atoms with Crippen LogP contribution < -0.4 is 0 Å². The number of benzene rings is 1. The molecule has 1 heterocycles. The van der Waals surface area contributed by atoms with E-state index in [1.54, 1.807) is 0 Å². The van der Waals surface area contributed by atoms with Crippen LogP contribution in [0.2, 0.25) is 0 Å². The second kappa shape index (κ2) is 3.15. The van der Waals surface area contributed by atoms with Crippen molar-refractivity contribution in [1.82, 2.24) is 0 Å². The Morgan fingerprint density at radius 2 is 2.27 bits per heavy atom. The fraction of sp³-hybridized carbons (Fsp3) is 0.273. The number of cyclic esters (lactones) is 1. The number of fused-ring (bicyclic) bond motifs is 1. The Kier molecular flexibility index (Phi) is 2.07. The lowest BCUT2D eigenvalue weighted by molar-refractivity contribution is -0.124. The van der Waals surface area contributed by atoms with E-state index < -0.39 is 17.4 Å². The third-order valence-corrected chi connectivity index (χ3v) is 2.41. The summed E-state index contributed by atoms with van der Waals surface area (Å²) in [6.07, 6.45) is 0.884. The van der Waals surface area contributed by atoms with E-state index in [9.17, 15) is 14.0 Å². The maximum absolute atomic E-state index is 12.9. The van der Waals surface area contributed by atoms with Gasteiger partial charge in [0, 0.05) is 6.42 Å². The summed E-state index contributed by atoms with van der Waals surface area (Å²) < 4.78 is 17.8. The van der Waals surface area contributed by atoms with Crippen LogP contribution in [-0.4, -0.2) is 17.9 Å². The highest BCUT2D eigenvalue weighted by Gasteiger charge is 2.36. The molecule has 2 rings (SSSR count). The number of carbonyl (C=O) groups is 2. The van der Waals surface area contributed by atoms with Gasteiger partial charge in [-0.2, -0.15) is 0 Å². The normalized spacial score (nSPS) is 24.3. The number of hydrogen-bond acceptors (Lipinski definition) is 3. The van der Waals surface area contributed by atoms with Gasteiger partial charge in [-0.05, 0) is 24.6 Å². The number of esters is 1. The van der Waals surface area contributed by atoms with Crippen molar-refractivity contribution in [2.45, 2.75) is 18.9 Å². The average molecular weight is 208 g/mol. The van der Waals surface area contributed by atoms with E-state index in [0.717, 1.165) is 6.07 Å². The summed E-state index contributed by atoms with van der Waals surface area (Å²) >= 11 is 0. The van der Waals surface area contributed by atoms with Crippen LogP contribution in [0.3, 0.4) is 0 Å². The molecule has 0 saturated heterocycles. The van der Waals surface area contributed by atoms with Gasteiger partial charge in [0.05, 0.1) is 5.56 Å². The van der Waals surface area contributed by atoms with Gasteiger partial charge in [0.15, 0.2) is 11.9 Å². The van der Waals surface area contributed by atoms with Crippen LogP contribution in [-0.2, 0) is 16.0 Å². The van der Waals surface area contributed by atoms with Crippen molar-refractivity contribution in [2.75, 3.05) is 0 Å². The van der Waals surface area contributed by atoms with Crippen LogP contribution in [0.5, 0.6) is 0 Å². The molecule has 0 saturated carbocycles. The predicted octanol–water partition coefficient (Wildman–Crippen LogP) is 1.50. The molecule has 15 heavy (non-hydrogen) atoms. The molecule has 1 aromatic carbocycles. The molecule has 0 amide bonds. The van der Waals surface area contributed by atoms with Gasteiger partial charge in [0.2, 0.25) is 0 Å². The van der Waals surface area contributed by atoms with E-state index in [-0.39, 0.29) is 12.0 Å². The molecule has 4 heteroatoms. The zero-order valence-corrected chi connectivity index (χ0v) is 8.12. The van der Waals surface area contributed by atoms with E-state index in [2.05, 4.69) is 0 Å². The molecule has 0 fully saturated rings. The Morgan fingerprint density at radius 1 is 1.53 bits per heavy atom. The van der Waals surface area contributed by atoms with Gasteiger partial charge < -0.3 is 4.74 Å². The Labute approximate surface area is 85.9 Å². The number of rotatable bonds is 1. The van der Waals surface area contributed by atoms with Gasteiger partial charge in [0.1, 0.15) is 5.82 Å². The number of halogens is 1. The summed E-state index contributed by atoms with van der Waals surface area (Å²) in [6.45, 7) is 1.53. The number of aldehydes is 1. The first-order valence-electron chi connectivity index (χ1n) is 4.52. The van der Waals surface area contributed by atoms with Crippen LogP contribution in [0.25, 0.3) is 0 Å². The highest BCUT2D eigenvalue weighted by atomic mass is 19.1. The van der Waals surface area contributed by atoms with Gasteiger partial charge in [-0.25, -0.2) is 9.18 Å². The summed E-state index contributed by atoms with van der Waals surface area (Å²) in [5, 5.41) is 0. The molecule has 78 valence electrons. The first-order valence-corrected chi connectivity index (χ1v) is 4.52. The minimum absolute atomic E-state index is 0.203. The van der Waals surface area contributed by atoms with Crippen molar-refractivity contribution in [3.63, 3.8) is 0 Å². The van der Waals surface area contributed by atoms with Crippen molar-refractivity contribution in [1.29, 1.82) is 0 Å². The van der Waals surface area contributed by atoms with Crippen molar-refractivity contribution >= 4 is 12.3 Å². The van der Waals surface area contributed by atoms with Crippen molar-refractivity contribution in [2.24, 2.45) is 0 Å². The molecule has 1 aliphatic rings. The number of hydrogen-bond donors (Lipinski definition) is 0. The highest BCUT2D eigenvalue weighted by molar-refractivity contribution is 5.94. The summed E-state index contributed by atoms with van der Waals surface area (Å²) in [5.41, 5.74) is -0.279. The molecule has 3 nitrogen and oxygen atoms in total. The van der Waals surface area contributed by atoms with Crippen molar-refractivity contribution < 1.29 is 18.7 Å². The first kappa shape index (κ1) is 9.83. The minimum atomic E-state index is -1.12. The largest absolute Gasteiger partial charge is 0.448 e. The Hall–Kier alpha value is -1.71. The lowest BCUT2D eigenvalue weighted by Crippen LogP contribution is -2.40. The van der Waals surface area contributed by atoms with Crippen molar-refractivity contribution in [3.05, 3.63) is 35.1 Å². The predicted molar refractivity (Wildman–Crippen MR) is 50.0 cm³/mol. The maximum Gasteiger partial charge on any atom is 0.339 e. The lowest BCUT2D eigenvalue weighted by Gasteiger charge is -2.29. The van der Waals surface area contributed by atoms with E-state index in [0.29, 0.717) is 11.8 Å². The van der Waals surface area contributed by atoms with Gasteiger partial charge in [-0.1, -0.05) is 6.07 Å². The Morgan fingerprint density at radius 3 is 2.93 bits per heavy atom. The minimum Gasteiger partial charge on any atom is -0.448 e. The summed E-state index contributed by atoms with van der Waals surface area (Å²) in [5.74, 6) is -1.13. The lowest BCUT2D eigenvalue weighted by atomic mass is 9.91. The SMILES string of the molecule is CC1(C=O)Cc2ccc(F)cc2C(=O)O1. The fourth-order valence-corrected chi connectivity index (χ4v) is 1.64. The van der Waals surface area contributed by atoms with E-state index >= 15 is 0 Å². The molecule has 0 N–H and O–H groups in total. The molecule has 0 aromatic heterocycles. The first-order chi connectivity index (χ1) is 7.04. The summed E-state index contributed by atoms with van der Waals surface area (Å²) in [4.78, 5) is 22.2. The van der Waals surface area contributed by atoms with Gasteiger partial charge in [0.25, 0.3) is 0 Å². The number of carbonyl (C=O) groups excluding carboxylic acids is 2. The molecule has 1 unspecified atom stereocenters. The molecular weight excluding hydrogens is 199 g/mol. The smallest absolute Gasteiger partial charge is 0.339 e. The van der Waals surface area contributed by atoms with Crippen LogP contribution in [0.4, 0.5) is 4.39 Å². The van der Waals surface area contributed by atoms with Gasteiger partial charge in [-0.15, -0.1) is 0 Å². The fourth-order valence-electron chi connectivity index (χ4n) is 1.64. The molecule has 0 radical (unpaired) electrons. The molecule has 0 bridgehead atoms. The molecule has 1 aliphatic heterocycles. The highest BCUT2D eigenvalue weighted by Crippen LogP contribution is 2.27. The van der Waals surface area contributed by atoms with Gasteiger partial charge in [-0.3, -0.25) is 4.79 Å². The standard InChI is InChI=1S/C11H9FO3/c1-11(6-13)5-7-2-3-8(12)4-9(7)10(14)15-11/h2-4,6H,5H2,1H3. The van der Waals surface area contributed by atoms with Crippen LogP contribution in [0, 0.1) is 5.82 Å². The van der Waals surface area contributed by atoms with Crippen LogP contribution >= 0.6 is 0 Å². The topological polar surface area (TPSA) is 43.4 Å². The van der Waals surface area contributed by atoms with Crippen molar-refractivity contribution in [3.8, 4) is 0 Å². The second-order valence-corrected chi connectivity index (χ2v) is 3.80. The molecular formula is C11H9FO3.